The fourth-order valence-electron chi connectivity index (χ4n) is 3.31. The number of fused-ring (bicyclic) bond motifs is 1. The van der Waals surface area contributed by atoms with Gasteiger partial charge in [0.05, 0.1) is 6.33 Å². The zero-order valence-corrected chi connectivity index (χ0v) is 15.8. The first kappa shape index (κ1) is 20.2. The number of piperidine rings is 1. The molecule has 2 N–H and O–H groups in total. The fraction of sp³-hybridized carbons (Fsp3) is 0.625. The minimum Gasteiger partial charge on any atom is -0.355 e. The van der Waals surface area contributed by atoms with Gasteiger partial charge in [-0.05, 0) is 38.3 Å². The highest BCUT2D eigenvalue weighted by Gasteiger charge is 2.16. The second-order valence-corrected chi connectivity index (χ2v) is 6.60. The molecule has 0 aromatic carbocycles. The molecule has 1 aliphatic rings. The van der Waals surface area contributed by atoms with Gasteiger partial charge >= 0.3 is 5.69 Å². The van der Waals surface area contributed by atoms with E-state index in [-0.39, 0.29) is 36.0 Å². The predicted molar refractivity (Wildman–Crippen MR) is 101 cm³/mol. The average molecular weight is 385 g/mol. The van der Waals surface area contributed by atoms with Crippen molar-refractivity contribution in [2.45, 2.75) is 25.8 Å². The number of rotatable bonds is 5. The van der Waals surface area contributed by atoms with Crippen molar-refractivity contribution in [3.05, 3.63) is 27.2 Å². The van der Waals surface area contributed by atoms with E-state index < -0.39 is 11.2 Å². The topological polar surface area (TPSA) is 103 Å². The van der Waals surface area contributed by atoms with E-state index in [1.165, 1.54) is 35.4 Å². The highest BCUT2D eigenvalue weighted by molar-refractivity contribution is 5.85. The van der Waals surface area contributed by atoms with Crippen LogP contribution in [0.25, 0.3) is 11.2 Å². The number of carbonyl (C=O) groups is 1. The van der Waals surface area contributed by atoms with Crippen molar-refractivity contribution in [3.8, 4) is 0 Å². The second-order valence-electron chi connectivity index (χ2n) is 6.60. The van der Waals surface area contributed by atoms with Crippen LogP contribution in [0.3, 0.4) is 0 Å². The van der Waals surface area contributed by atoms with Crippen molar-refractivity contribution < 1.29 is 4.79 Å². The highest BCUT2D eigenvalue weighted by Crippen LogP contribution is 2.12. The van der Waals surface area contributed by atoms with Crippen molar-refractivity contribution in [3.63, 3.8) is 0 Å². The Morgan fingerprint density at radius 3 is 2.81 bits per heavy atom. The standard InChI is InChI=1S/C16H24N6O3.ClH/c1-20-14-13(15(24)21(2)16(20)25)22(10-19-14)9-12(23)18-7-5-11-4-3-6-17-8-11;/h10-11,17H,3-9H2,1-2H3,(H,18,23);1H. The molecule has 3 rings (SSSR count). The molecule has 2 aromatic rings. The first-order valence-electron chi connectivity index (χ1n) is 8.57. The van der Waals surface area contributed by atoms with Gasteiger partial charge in [-0.2, -0.15) is 0 Å². The number of nitrogens with one attached hydrogen (secondary N) is 2. The first-order chi connectivity index (χ1) is 12.0. The summed E-state index contributed by atoms with van der Waals surface area (Å²) in [6.45, 7) is 2.71. The zero-order valence-electron chi connectivity index (χ0n) is 15.0. The number of imidazole rings is 1. The van der Waals surface area contributed by atoms with E-state index in [0.717, 1.165) is 24.1 Å². The Labute approximate surface area is 156 Å². The summed E-state index contributed by atoms with van der Waals surface area (Å²) in [7, 11) is 2.97. The predicted octanol–water partition coefficient (Wildman–Crippen LogP) is -0.639. The number of hydrogen-bond acceptors (Lipinski definition) is 5. The number of aryl methyl sites for hydroxylation is 1. The maximum Gasteiger partial charge on any atom is 0.332 e. The molecule has 3 heterocycles. The molecule has 1 unspecified atom stereocenters. The van der Waals surface area contributed by atoms with Crippen molar-refractivity contribution in [1.82, 2.24) is 29.3 Å². The molecule has 0 spiro atoms. The molecular formula is C16H25ClN6O3. The summed E-state index contributed by atoms with van der Waals surface area (Å²) in [5, 5.41) is 6.26. The van der Waals surface area contributed by atoms with E-state index in [4.69, 9.17) is 0 Å². The van der Waals surface area contributed by atoms with Crippen LogP contribution < -0.4 is 21.9 Å². The van der Waals surface area contributed by atoms with Crippen LogP contribution in [0.1, 0.15) is 19.3 Å². The summed E-state index contributed by atoms with van der Waals surface area (Å²) in [5.74, 6) is 0.434. The number of aromatic nitrogens is 4. The SMILES string of the molecule is Cl.Cn1c(=O)c2c(ncn2CC(=O)NCCC2CCCNC2)n(C)c1=O. The molecule has 0 radical (unpaired) electrons. The van der Waals surface area contributed by atoms with Crippen molar-refractivity contribution in [2.75, 3.05) is 19.6 Å². The third-order valence-corrected chi connectivity index (χ3v) is 4.80. The summed E-state index contributed by atoms with van der Waals surface area (Å²) in [5.41, 5.74) is -0.338. The lowest BCUT2D eigenvalue weighted by atomic mass is 9.96. The minimum absolute atomic E-state index is 0. The van der Waals surface area contributed by atoms with Gasteiger partial charge in [0.15, 0.2) is 11.2 Å². The third kappa shape index (κ3) is 3.99. The van der Waals surface area contributed by atoms with Crippen LogP contribution in [-0.4, -0.2) is 44.2 Å². The molecule has 1 saturated heterocycles. The second kappa shape index (κ2) is 8.50. The Bertz CT molecular complexity index is 894. The molecule has 0 aliphatic carbocycles. The van der Waals surface area contributed by atoms with Gasteiger partial charge in [-0.25, -0.2) is 9.78 Å². The summed E-state index contributed by atoms with van der Waals surface area (Å²) in [6.07, 6.45) is 4.75. The fourth-order valence-corrected chi connectivity index (χ4v) is 3.31. The summed E-state index contributed by atoms with van der Waals surface area (Å²) in [6, 6.07) is 0. The number of nitrogens with zero attached hydrogens (tertiary/aromatic N) is 4. The van der Waals surface area contributed by atoms with Crippen LogP contribution in [0.4, 0.5) is 0 Å². The quantitative estimate of drug-likeness (QED) is 0.714. The average Bonchev–Trinajstić information content (AvgIpc) is 3.02. The molecule has 2 aromatic heterocycles. The number of hydrogen-bond donors (Lipinski definition) is 2. The minimum atomic E-state index is -0.448. The summed E-state index contributed by atoms with van der Waals surface area (Å²) >= 11 is 0. The van der Waals surface area contributed by atoms with E-state index in [2.05, 4.69) is 15.6 Å². The van der Waals surface area contributed by atoms with E-state index in [1.807, 2.05) is 0 Å². The van der Waals surface area contributed by atoms with Gasteiger partial charge in [-0.3, -0.25) is 18.7 Å². The van der Waals surface area contributed by atoms with Crippen molar-refractivity contribution in [2.24, 2.45) is 20.0 Å². The lowest BCUT2D eigenvalue weighted by Crippen LogP contribution is -2.38. The summed E-state index contributed by atoms with van der Waals surface area (Å²) in [4.78, 5) is 40.6. The van der Waals surface area contributed by atoms with Crippen LogP contribution in [0.5, 0.6) is 0 Å². The smallest absolute Gasteiger partial charge is 0.332 e. The monoisotopic (exact) mass is 384 g/mol. The Morgan fingerprint density at radius 2 is 2.12 bits per heavy atom. The highest BCUT2D eigenvalue weighted by atomic mass is 35.5. The van der Waals surface area contributed by atoms with Gasteiger partial charge < -0.3 is 15.2 Å². The van der Waals surface area contributed by atoms with E-state index in [1.54, 1.807) is 7.05 Å². The summed E-state index contributed by atoms with van der Waals surface area (Å²) < 4.78 is 3.82. The maximum atomic E-state index is 12.3. The molecule has 1 aliphatic heterocycles. The molecular weight excluding hydrogens is 360 g/mol. The molecule has 10 heteroatoms. The van der Waals surface area contributed by atoms with Gasteiger partial charge in [0.1, 0.15) is 6.54 Å². The van der Waals surface area contributed by atoms with E-state index >= 15 is 0 Å². The number of carbonyl (C=O) groups excluding carboxylic acids is 1. The van der Waals surface area contributed by atoms with E-state index in [9.17, 15) is 14.4 Å². The van der Waals surface area contributed by atoms with Gasteiger partial charge in [0.25, 0.3) is 5.56 Å². The molecule has 1 atom stereocenters. The Morgan fingerprint density at radius 1 is 1.35 bits per heavy atom. The molecule has 0 saturated carbocycles. The van der Waals surface area contributed by atoms with Crippen LogP contribution in [0, 0.1) is 5.92 Å². The van der Waals surface area contributed by atoms with Crippen molar-refractivity contribution in [1.29, 1.82) is 0 Å². The van der Waals surface area contributed by atoms with Crippen LogP contribution in [0.15, 0.2) is 15.9 Å². The Hall–Kier alpha value is -2.13. The Kier molecular flexibility index (Phi) is 6.60. The molecule has 144 valence electrons. The maximum absolute atomic E-state index is 12.3. The normalized spacial score (nSPS) is 17.1. The molecule has 1 amide bonds. The molecule has 9 nitrogen and oxygen atoms in total. The first-order valence-corrected chi connectivity index (χ1v) is 8.57. The number of amides is 1. The van der Waals surface area contributed by atoms with Crippen LogP contribution in [-0.2, 0) is 25.4 Å². The van der Waals surface area contributed by atoms with E-state index in [0.29, 0.717) is 12.5 Å². The number of halogens is 1. The van der Waals surface area contributed by atoms with Crippen molar-refractivity contribution >= 4 is 29.5 Å². The van der Waals surface area contributed by atoms with Crippen LogP contribution >= 0.6 is 12.4 Å². The van der Waals surface area contributed by atoms with Crippen LogP contribution in [0.2, 0.25) is 0 Å². The van der Waals surface area contributed by atoms with Gasteiger partial charge in [-0.1, -0.05) is 0 Å². The molecule has 1 fully saturated rings. The van der Waals surface area contributed by atoms with Gasteiger partial charge in [0, 0.05) is 20.6 Å². The lowest BCUT2D eigenvalue weighted by Gasteiger charge is -2.22. The third-order valence-electron chi connectivity index (χ3n) is 4.80. The van der Waals surface area contributed by atoms with Gasteiger partial charge in [0.2, 0.25) is 5.91 Å². The lowest BCUT2D eigenvalue weighted by molar-refractivity contribution is -0.121. The van der Waals surface area contributed by atoms with Gasteiger partial charge in [-0.15, -0.1) is 12.4 Å². The molecule has 26 heavy (non-hydrogen) atoms. The largest absolute Gasteiger partial charge is 0.355 e. The Balaban J connectivity index is 0.00000243. The molecule has 0 bridgehead atoms. The zero-order chi connectivity index (χ0) is 18.0.